The smallest absolute Gasteiger partial charge is 0.247 e. The van der Waals surface area contributed by atoms with Crippen LogP contribution in [0.2, 0.25) is 0 Å². The van der Waals surface area contributed by atoms with Gasteiger partial charge in [-0.25, -0.2) is 0 Å². The minimum atomic E-state index is -0.884. The highest BCUT2D eigenvalue weighted by atomic mass is 16.5. The van der Waals surface area contributed by atoms with Gasteiger partial charge in [-0.1, -0.05) is 0 Å². The Balaban J connectivity index is 2.68. The molecule has 0 bridgehead atoms. The minimum absolute atomic E-state index is 0.126. The molecule has 1 fully saturated rings. The minimum Gasteiger partial charge on any atom is -0.377 e. The molecule has 0 unspecified atom stereocenters. The summed E-state index contributed by atoms with van der Waals surface area (Å²) in [6, 6.07) is 2.01. The van der Waals surface area contributed by atoms with Crippen molar-refractivity contribution in [2.75, 3.05) is 26.8 Å². The highest BCUT2D eigenvalue weighted by molar-refractivity contribution is 5.86. The Morgan fingerprint density at radius 1 is 1.75 bits per heavy atom. The molecule has 1 saturated heterocycles. The van der Waals surface area contributed by atoms with E-state index in [9.17, 15) is 4.79 Å². The SMILES string of the molecule is CCN(C)C(=O)C1(C#N)COC1. The molecule has 0 aliphatic carbocycles. The molecule has 1 amide bonds. The standard InChI is InChI=1S/C8H12N2O2/c1-3-10(2)7(11)8(4-9)5-12-6-8/h3,5-6H2,1-2H3. The third-order valence-electron chi connectivity index (χ3n) is 2.14. The molecule has 0 aromatic rings. The summed E-state index contributed by atoms with van der Waals surface area (Å²) in [5.41, 5.74) is -0.884. The zero-order chi connectivity index (χ0) is 9.19. The van der Waals surface area contributed by atoms with Gasteiger partial charge in [0.15, 0.2) is 5.41 Å². The van der Waals surface area contributed by atoms with Gasteiger partial charge in [-0.3, -0.25) is 4.79 Å². The Morgan fingerprint density at radius 2 is 2.33 bits per heavy atom. The molecular formula is C8H12N2O2. The molecular weight excluding hydrogens is 156 g/mol. The lowest BCUT2D eigenvalue weighted by Gasteiger charge is -2.36. The summed E-state index contributed by atoms with van der Waals surface area (Å²) in [6.07, 6.45) is 0. The van der Waals surface area contributed by atoms with Gasteiger partial charge in [0.2, 0.25) is 5.91 Å². The van der Waals surface area contributed by atoms with E-state index >= 15 is 0 Å². The van der Waals surface area contributed by atoms with Crippen LogP contribution in [0.1, 0.15) is 6.92 Å². The molecule has 1 heterocycles. The molecule has 12 heavy (non-hydrogen) atoms. The lowest BCUT2D eigenvalue weighted by molar-refractivity contribution is -0.159. The number of rotatable bonds is 2. The van der Waals surface area contributed by atoms with Gasteiger partial charge in [-0.2, -0.15) is 5.26 Å². The van der Waals surface area contributed by atoms with Crippen molar-refractivity contribution in [1.29, 1.82) is 5.26 Å². The van der Waals surface area contributed by atoms with Crippen molar-refractivity contribution < 1.29 is 9.53 Å². The number of amides is 1. The first kappa shape index (κ1) is 9.01. The molecule has 1 rings (SSSR count). The van der Waals surface area contributed by atoms with Crippen LogP contribution in [0.25, 0.3) is 0 Å². The van der Waals surface area contributed by atoms with Crippen LogP contribution >= 0.6 is 0 Å². The van der Waals surface area contributed by atoms with Gasteiger partial charge in [0.25, 0.3) is 0 Å². The van der Waals surface area contributed by atoms with Crippen molar-refractivity contribution in [3.63, 3.8) is 0 Å². The van der Waals surface area contributed by atoms with Gasteiger partial charge in [-0.15, -0.1) is 0 Å². The summed E-state index contributed by atoms with van der Waals surface area (Å²) in [7, 11) is 1.69. The Bertz CT molecular complexity index is 228. The van der Waals surface area contributed by atoms with Crippen molar-refractivity contribution in [3.8, 4) is 6.07 Å². The monoisotopic (exact) mass is 168 g/mol. The molecule has 0 atom stereocenters. The van der Waals surface area contributed by atoms with Crippen molar-refractivity contribution in [1.82, 2.24) is 4.90 Å². The molecule has 1 aliphatic rings. The number of carbonyl (C=O) groups is 1. The summed E-state index contributed by atoms with van der Waals surface area (Å²) in [5.74, 6) is -0.126. The van der Waals surface area contributed by atoms with E-state index in [1.807, 2.05) is 13.0 Å². The molecule has 0 saturated carbocycles. The van der Waals surface area contributed by atoms with E-state index in [-0.39, 0.29) is 19.1 Å². The summed E-state index contributed by atoms with van der Waals surface area (Å²) >= 11 is 0. The Hall–Kier alpha value is -1.08. The van der Waals surface area contributed by atoms with Crippen molar-refractivity contribution in [2.45, 2.75) is 6.92 Å². The quantitative estimate of drug-likeness (QED) is 0.583. The zero-order valence-corrected chi connectivity index (χ0v) is 7.33. The van der Waals surface area contributed by atoms with Gasteiger partial charge < -0.3 is 9.64 Å². The first-order chi connectivity index (χ1) is 5.66. The lowest BCUT2D eigenvalue weighted by Crippen LogP contribution is -2.53. The van der Waals surface area contributed by atoms with E-state index in [4.69, 9.17) is 10.00 Å². The van der Waals surface area contributed by atoms with Crippen LogP contribution in [0.3, 0.4) is 0 Å². The highest BCUT2D eigenvalue weighted by Gasteiger charge is 2.47. The number of nitrogens with zero attached hydrogens (tertiary/aromatic N) is 2. The van der Waals surface area contributed by atoms with E-state index < -0.39 is 5.41 Å². The average Bonchev–Trinajstić information content (AvgIpc) is 2.02. The maximum atomic E-state index is 11.5. The fourth-order valence-corrected chi connectivity index (χ4v) is 1.05. The summed E-state index contributed by atoms with van der Waals surface area (Å²) < 4.78 is 4.87. The molecule has 4 nitrogen and oxygen atoms in total. The first-order valence-electron chi connectivity index (χ1n) is 3.91. The molecule has 0 spiro atoms. The molecule has 0 N–H and O–H groups in total. The molecule has 1 aliphatic heterocycles. The molecule has 66 valence electrons. The van der Waals surface area contributed by atoms with Gasteiger partial charge in [-0.05, 0) is 6.92 Å². The molecule has 0 aromatic carbocycles. The summed E-state index contributed by atoms with van der Waals surface area (Å²) in [6.45, 7) is 2.99. The largest absolute Gasteiger partial charge is 0.377 e. The average molecular weight is 168 g/mol. The van der Waals surface area contributed by atoms with Crippen molar-refractivity contribution >= 4 is 5.91 Å². The van der Waals surface area contributed by atoms with Gasteiger partial charge in [0.05, 0.1) is 19.3 Å². The Kier molecular flexibility index (Phi) is 2.34. The van der Waals surface area contributed by atoms with E-state index in [1.54, 1.807) is 11.9 Å². The predicted molar refractivity (Wildman–Crippen MR) is 42.2 cm³/mol. The van der Waals surface area contributed by atoms with Crippen molar-refractivity contribution in [2.24, 2.45) is 5.41 Å². The third kappa shape index (κ3) is 1.16. The Morgan fingerprint density at radius 3 is 2.58 bits per heavy atom. The number of hydrogen-bond acceptors (Lipinski definition) is 3. The van der Waals surface area contributed by atoms with Gasteiger partial charge >= 0.3 is 0 Å². The third-order valence-corrected chi connectivity index (χ3v) is 2.14. The van der Waals surface area contributed by atoms with Crippen LogP contribution in [0.5, 0.6) is 0 Å². The van der Waals surface area contributed by atoms with Crippen molar-refractivity contribution in [3.05, 3.63) is 0 Å². The summed E-state index contributed by atoms with van der Waals surface area (Å²) in [4.78, 5) is 13.1. The van der Waals surface area contributed by atoms with Crippen LogP contribution in [0.15, 0.2) is 0 Å². The maximum Gasteiger partial charge on any atom is 0.247 e. The first-order valence-corrected chi connectivity index (χ1v) is 3.91. The molecule has 0 radical (unpaired) electrons. The predicted octanol–water partition coefficient (Wildman–Crippen LogP) is 0.00488. The van der Waals surface area contributed by atoms with E-state index in [0.717, 1.165) is 0 Å². The lowest BCUT2D eigenvalue weighted by atomic mass is 9.86. The van der Waals surface area contributed by atoms with Crippen LogP contribution in [-0.2, 0) is 9.53 Å². The second-order valence-electron chi connectivity index (χ2n) is 3.01. The summed E-state index contributed by atoms with van der Waals surface area (Å²) in [5, 5.41) is 8.77. The van der Waals surface area contributed by atoms with E-state index in [2.05, 4.69) is 0 Å². The van der Waals surface area contributed by atoms with Gasteiger partial charge in [0, 0.05) is 13.6 Å². The number of nitriles is 1. The van der Waals surface area contributed by atoms with E-state index in [1.165, 1.54) is 0 Å². The number of carbonyl (C=O) groups excluding carboxylic acids is 1. The topological polar surface area (TPSA) is 53.3 Å². The number of hydrogen-bond donors (Lipinski definition) is 0. The van der Waals surface area contributed by atoms with Crippen LogP contribution in [0, 0.1) is 16.7 Å². The second-order valence-corrected chi connectivity index (χ2v) is 3.01. The second kappa shape index (κ2) is 3.11. The maximum absolute atomic E-state index is 11.5. The van der Waals surface area contributed by atoms with E-state index in [0.29, 0.717) is 6.54 Å². The zero-order valence-electron chi connectivity index (χ0n) is 7.33. The fourth-order valence-electron chi connectivity index (χ4n) is 1.05. The van der Waals surface area contributed by atoms with Gasteiger partial charge in [0.1, 0.15) is 0 Å². The van der Waals surface area contributed by atoms with Crippen LogP contribution < -0.4 is 0 Å². The normalized spacial score (nSPS) is 19.1. The molecule has 0 aromatic heterocycles. The Labute approximate surface area is 71.7 Å². The molecule has 4 heteroatoms. The fraction of sp³-hybridized carbons (Fsp3) is 0.750. The van der Waals surface area contributed by atoms with Crippen LogP contribution in [-0.4, -0.2) is 37.6 Å². The van der Waals surface area contributed by atoms with Crippen LogP contribution in [0.4, 0.5) is 0 Å². The number of ether oxygens (including phenoxy) is 1. The highest BCUT2D eigenvalue weighted by Crippen LogP contribution is 2.28.